The quantitative estimate of drug-likeness (QED) is 0.531. The zero-order chi connectivity index (χ0) is 11.7. The van der Waals surface area contributed by atoms with Gasteiger partial charge in [-0.25, -0.2) is 0 Å². The molecule has 0 amide bonds. The summed E-state index contributed by atoms with van der Waals surface area (Å²) in [7, 11) is 4.64. The molecule has 0 bridgehead atoms. The second-order valence-corrected chi connectivity index (χ2v) is 4.55. The number of carbonyl (C=O) groups excluding carboxylic acids is 1. The molecule has 1 aliphatic rings. The van der Waals surface area contributed by atoms with Gasteiger partial charge in [-0.15, -0.1) is 0 Å². The van der Waals surface area contributed by atoms with Gasteiger partial charge in [0.1, 0.15) is 0 Å². The Morgan fingerprint density at radius 3 is 2.13 bits per heavy atom. The van der Waals surface area contributed by atoms with Gasteiger partial charge in [-0.1, -0.05) is 6.92 Å². The average Bonchev–Trinajstić information content (AvgIpc) is 2.50. The van der Waals surface area contributed by atoms with Crippen molar-refractivity contribution in [2.75, 3.05) is 21.3 Å². The van der Waals surface area contributed by atoms with Crippen molar-refractivity contribution in [2.45, 2.75) is 32.5 Å². The monoisotopic (exact) mass is 216 g/mol. The summed E-state index contributed by atoms with van der Waals surface area (Å²) < 4.78 is 15.7. The summed E-state index contributed by atoms with van der Waals surface area (Å²) in [5.41, 5.74) is -0.500. The first-order chi connectivity index (χ1) is 6.94. The molecule has 1 fully saturated rings. The van der Waals surface area contributed by atoms with Gasteiger partial charge in [0, 0.05) is 26.6 Å². The molecule has 0 spiro atoms. The minimum Gasteiger partial charge on any atom is -0.469 e. The molecule has 0 aromatic heterocycles. The van der Waals surface area contributed by atoms with Crippen LogP contribution in [0.2, 0.25) is 0 Å². The van der Waals surface area contributed by atoms with Gasteiger partial charge in [-0.2, -0.15) is 0 Å². The molecule has 0 unspecified atom stereocenters. The Labute approximate surface area is 90.9 Å². The number of esters is 1. The third-order valence-electron chi connectivity index (χ3n) is 3.51. The zero-order valence-electron chi connectivity index (χ0n) is 10.1. The molecule has 0 heterocycles. The zero-order valence-corrected chi connectivity index (χ0v) is 10.1. The summed E-state index contributed by atoms with van der Waals surface area (Å²) in [5.74, 6) is -0.662. The fourth-order valence-electron chi connectivity index (χ4n) is 2.65. The standard InChI is InChI=1S/C11H20O4/c1-8-6-10(2,9(12)13-3)7-11(8,14-4)15-5/h8H,6-7H2,1-5H3/t8-,10-/m0/s1. The predicted molar refractivity (Wildman–Crippen MR) is 55.3 cm³/mol. The van der Waals surface area contributed by atoms with Gasteiger partial charge in [0.05, 0.1) is 12.5 Å². The third-order valence-corrected chi connectivity index (χ3v) is 3.51. The molecular weight excluding hydrogens is 196 g/mol. The number of hydrogen-bond donors (Lipinski definition) is 0. The molecule has 2 atom stereocenters. The smallest absolute Gasteiger partial charge is 0.311 e. The summed E-state index contributed by atoms with van der Waals surface area (Å²) in [4.78, 5) is 11.7. The highest BCUT2D eigenvalue weighted by atomic mass is 16.7. The van der Waals surface area contributed by atoms with Crippen LogP contribution in [0.5, 0.6) is 0 Å². The van der Waals surface area contributed by atoms with E-state index in [0.29, 0.717) is 6.42 Å². The summed E-state index contributed by atoms with van der Waals surface area (Å²) in [6, 6.07) is 0. The van der Waals surface area contributed by atoms with E-state index in [1.165, 1.54) is 7.11 Å². The first kappa shape index (κ1) is 12.5. The molecule has 0 aliphatic heterocycles. The predicted octanol–water partition coefficient (Wildman–Crippen LogP) is 1.58. The lowest BCUT2D eigenvalue weighted by Gasteiger charge is -2.31. The number of ether oxygens (including phenoxy) is 3. The SMILES string of the molecule is COC(=O)[C@@]1(C)C[C@H](C)C(OC)(OC)C1. The van der Waals surface area contributed by atoms with Crippen molar-refractivity contribution < 1.29 is 19.0 Å². The maximum Gasteiger partial charge on any atom is 0.311 e. The van der Waals surface area contributed by atoms with Crippen molar-refractivity contribution in [3.8, 4) is 0 Å². The summed E-state index contributed by atoms with van der Waals surface area (Å²) in [6.45, 7) is 3.93. The van der Waals surface area contributed by atoms with Gasteiger partial charge < -0.3 is 14.2 Å². The lowest BCUT2D eigenvalue weighted by molar-refractivity contribution is -0.228. The van der Waals surface area contributed by atoms with E-state index in [9.17, 15) is 4.79 Å². The molecule has 88 valence electrons. The Morgan fingerprint density at radius 2 is 1.80 bits per heavy atom. The number of rotatable bonds is 3. The van der Waals surface area contributed by atoms with E-state index in [1.807, 2.05) is 13.8 Å². The van der Waals surface area contributed by atoms with Crippen LogP contribution in [-0.2, 0) is 19.0 Å². The molecule has 0 aromatic rings. The van der Waals surface area contributed by atoms with Gasteiger partial charge in [-0.05, 0) is 13.3 Å². The van der Waals surface area contributed by atoms with Gasteiger partial charge in [0.25, 0.3) is 0 Å². The normalized spacial score (nSPS) is 34.1. The van der Waals surface area contributed by atoms with Crippen molar-refractivity contribution in [3.05, 3.63) is 0 Å². The molecule has 0 saturated heterocycles. The van der Waals surface area contributed by atoms with Gasteiger partial charge >= 0.3 is 5.97 Å². The van der Waals surface area contributed by atoms with Crippen LogP contribution in [0.4, 0.5) is 0 Å². The Hall–Kier alpha value is -0.610. The lowest BCUT2D eigenvalue weighted by Crippen LogP contribution is -2.38. The number of methoxy groups -OCH3 is 3. The van der Waals surface area contributed by atoms with E-state index in [1.54, 1.807) is 14.2 Å². The minimum atomic E-state index is -0.650. The van der Waals surface area contributed by atoms with Crippen molar-refractivity contribution >= 4 is 5.97 Å². The molecule has 0 radical (unpaired) electrons. The van der Waals surface area contributed by atoms with Gasteiger partial charge in [0.15, 0.2) is 5.79 Å². The molecule has 4 heteroatoms. The summed E-state index contributed by atoms with van der Waals surface area (Å²) >= 11 is 0. The van der Waals surface area contributed by atoms with Crippen LogP contribution in [0.3, 0.4) is 0 Å². The Bertz CT molecular complexity index is 247. The molecule has 1 aliphatic carbocycles. The van der Waals surface area contributed by atoms with E-state index >= 15 is 0 Å². The molecule has 15 heavy (non-hydrogen) atoms. The Balaban J connectivity index is 2.91. The van der Waals surface area contributed by atoms with Crippen LogP contribution < -0.4 is 0 Å². The molecule has 4 nitrogen and oxygen atoms in total. The maximum atomic E-state index is 11.7. The van der Waals surface area contributed by atoms with Gasteiger partial charge in [0.2, 0.25) is 0 Å². The fourth-order valence-corrected chi connectivity index (χ4v) is 2.65. The summed E-state index contributed by atoms with van der Waals surface area (Å²) in [6.07, 6.45) is 1.27. The van der Waals surface area contributed by atoms with Gasteiger partial charge in [-0.3, -0.25) is 4.79 Å². The van der Waals surface area contributed by atoms with Crippen LogP contribution in [0.1, 0.15) is 26.7 Å². The van der Waals surface area contributed by atoms with Crippen molar-refractivity contribution in [1.82, 2.24) is 0 Å². The summed E-state index contributed by atoms with van der Waals surface area (Å²) in [5, 5.41) is 0. The van der Waals surface area contributed by atoms with Crippen molar-refractivity contribution in [1.29, 1.82) is 0 Å². The highest BCUT2D eigenvalue weighted by Gasteiger charge is 2.55. The van der Waals surface area contributed by atoms with E-state index in [-0.39, 0.29) is 11.9 Å². The van der Waals surface area contributed by atoms with Crippen LogP contribution >= 0.6 is 0 Å². The highest BCUT2D eigenvalue weighted by Crippen LogP contribution is 2.50. The van der Waals surface area contributed by atoms with E-state index in [2.05, 4.69) is 0 Å². The number of carbonyl (C=O) groups is 1. The molecule has 0 N–H and O–H groups in total. The first-order valence-electron chi connectivity index (χ1n) is 5.13. The number of hydrogen-bond acceptors (Lipinski definition) is 4. The van der Waals surface area contributed by atoms with E-state index < -0.39 is 11.2 Å². The molecular formula is C11H20O4. The topological polar surface area (TPSA) is 44.8 Å². The van der Waals surface area contributed by atoms with Crippen LogP contribution in [0, 0.1) is 11.3 Å². The first-order valence-corrected chi connectivity index (χ1v) is 5.13. The van der Waals surface area contributed by atoms with Crippen LogP contribution in [0.25, 0.3) is 0 Å². The lowest BCUT2D eigenvalue weighted by atomic mass is 9.88. The third kappa shape index (κ3) is 1.88. The molecule has 1 saturated carbocycles. The van der Waals surface area contributed by atoms with E-state index in [4.69, 9.17) is 14.2 Å². The molecule has 1 rings (SSSR count). The highest BCUT2D eigenvalue weighted by molar-refractivity contribution is 5.76. The fraction of sp³-hybridized carbons (Fsp3) is 0.909. The molecule has 0 aromatic carbocycles. The van der Waals surface area contributed by atoms with Crippen LogP contribution in [-0.4, -0.2) is 33.1 Å². The van der Waals surface area contributed by atoms with Crippen LogP contribution in [0.15, 0.2) is 0 Å². The van der Waals surface area contributed by atoms with Crippen molar-refractivity contribution in [2.24, 2.45) is 11.3 Å². The average molecular weight is 216 g/mol. The second-order valence-electron chi connectivity index (χ2n) is 4.55. The maximum absolute atomic E-state index is 11.7. The Morgan fingerprint density at radius 1 is 1.27 bits per heavy atom. The minimum absolute atomic E-state index is 0.177. The Kier molecular flexibility index (Phi) is 3.41. The largest absolute Gasteiger partial charge is 0.469 e. The van der Waals surface area contributed by atoms with Crippen molar-refractivity contribution in [3.63, 3.8) is 0 Å². The van der Waals surface area contributed by atoms with E-state index in [0.717, 1.165) is 6.42 Å². The second kappa shape index (κ2) is 4.10.